The number of unbranched alkanes of at least 4 members (excludes halogenated alkanes) is 1. The molecule has 1 aromatic rings. The Morgan fingerprint density at radius 2 is 1.71 bits per heavy atom. The van der Waals surface area contributed by atoms with Crippen molar-refractivity contribution in [3.63, 3.8) is 0 Å². The van der Waals surface area contributed by atoms with Crippen molar-refractivity contribution in [1.29, 1.82) is 0 Å². The number of aliphatic hydroxyl groups excluding tert-OH is 1. The van der Waals surface area contributed by atoms with Crippen molar-refractivity contribution in [1.82, 2.24) is 0 Å². The molecular formula is C16H26O. The van der Waals surface area contributed by atoms with Gasteiger partial charge >= 0.3 is 0 Å². The quantitative estimate of drug-likeness (QED) is 0.731. The molecule has 1 aromatic carbocycles. The molecule has 0 saturated carbocycles. The second-order valence-corrected chi connectivity index (χ2v) is 6.15. The second-order valence-electron chi connectivity index (χ2n) is 6.15. The molecule has 1 N–H and O–H groups in total. The molecule has 0 amide bonds. The number of rotatable bonds is 6. The molecular weight excluding hydrogens is 208 g/mol. The second kappa shape index (κ2) is 6.80. The van der Waals surface area contributed by atoms with Crippen LogP contribution < -0.4 is 0 Å². The van der Waals surface area contributed by atoms with Gasteiger partial charge in [0.2, 0.25) is 0 Å². The van der Waals surface area contributed by atoms with E-state index in [1.54, 1.807) is 0 Å². The third-order valence-electron chi connectivity index (χ3n) is 2.94. The van der Waals surface area contributed by atoms with E-state index in [1.165, 1.54) is 12.0 Å². The molecule has 0 spiro atoms. The molecule has 1 nitrogen and oxygen atoms in total. The van der Waals surface area contributed by atoms with Gasteiger partial charge in [0.15, 0.2) is 0 Å². The molecule has 0 aliphatic heterocycles. The van der Waals surface area contributed by atoms with Gasteiger partial charge < -0.3 is 5.11 Å². The van der Waals surface area contributed by atoms with Crippen LogP contribution in [0.5, 0.6) is 0 Å². The largest absolute Gasteiger partial charge is 0.393 e. The normalized spacial score (nSPS) is 13.6. The topological polar surface area (TPSA) is 20.2 Å². The van der Waals surface area contributed by atoms with Crippen molar-refractivity contribution >= 4 is 0 Å². The predicted molar refractivity (Wildman–Crippen MR) is 74.1 cm³/mol. The maximum absolute atomic E-state index is 9.88. The van der Waals surface area contributed by atoms with Crippen LogP contribution in [-0.4, -0.2) is 11.2 Å². The zero-order chi connectivity index (χ0) is 12.7. The van der Waals surface area contributed by atoms with Crippen LogP contribution in [0.15, 0.2) is 30.3 Å². The molecule has 0 aromatic heterocycles. The van der Waals surface area contributed by atoms with E-state index < -0.39 is 0 Å². The third-order valence-corrected chi connectivity index (χ3v) is 2.94. The van der Waals surface area contributed by atoms with Gasteiger partial charge in [0.05, 0.1) is 6.10 Å². The van der Waals surface area contributed by atoms with Crippen LogP contribution in [0.2, 0.25) is 0 Å². The van der Waals surface area contributed by atoms with E-state index in [0.717, 1.165) is 25.7 Å². The van der Waals surface area contributed by atoms with E-state index in [0.29, 0.717) is 0 Å². The molecule has 0 aliphatic rings. The molecule has 1 atom stereocenters. The highest BCUT2D eigenvalue weighted by molar-refractivity contribution is 5.14. The minimum absolute atomic E-state index is 0.134. The Labute approximate surface area is 106 Å². The Balaban J connectivity index is 2.12. The van der Waals surface area contributed by atoms with E-state index in [9.17, 15) is 5.11 Å². The summed E-state index contributed by atoms with van der Waals surface area (Å²) in [6.45, 7) is 6.54. The average Bonchev–Trinajstić information content (AvgIpc) is 2.23. The first kappa shape index (κ1) is 14.2. The Bertz CT molecular complexity index is 297. The zero-order valence-corrected chi connectivity index (χ0v) is 11.4. The lowest BCUT2D eigenvalue weighted by atomic mass is 9.87. The predicted octanol–water partition coefficient (Wildman–Crippen LogP) is 4.20. The van der Waals surface area contributed by atoms with Gasteiger partial charge in [-0.1, -0.05) is 57.5 Å². The Morgan fingerprint density at radius 3 is 2.29 bits per heavy atom. The minimum Gasteiger partial charge on any atom is -0.393 e. The van der Waals surface area contributed by atoms with Crippen molar-refractivity contribution in [2.24, 2.45) is 5.41 Å². The van der Waals surface area contributed by atoms with Gasteiger partial charge in [-0.25, -0.2) is 0 Å². The van der Waals surface area contributed by atoms with Gasteiger partial charge in [-0.3, -0.25) is 0 Å². The van der Waals surface area contributed by atoms with E-state index in [-0.39, 0.29) is 11.5 Å². The first-order valence-electron chi connectivity index (χ1n) is 6.69. The molecule has 0 bridgehead atoms. The summed E-state index contributed by atoms with van der Waals surface area (Å²) >= 11 is 0. The summed E-state index contributed by atoms with van der Waals surface area (Å²) in [6, 6.07) is 10.6. The monoisotopic (exact) mass is 234 g/mol. The SMILES string of the molecule is CC(C)(C)CC(O)CCCCc1ccccc1. The molecule has 0 aliphatic carbocycles. The molecule has 17 heavy (non-hydrogen) atoms. The van der Waals surface area contributed by atoms with Crippen LogP contribution in [0.4, 0.5) is 0 Å². The van der Waals surface area contributed by atoms with Crippen LogP contribution in [0.3, 0.4) is 0 Å². The molecule has 0 fully saturated rings. The lowest BCUT2D eigenvalue weighted by Gasteiger charge is -2.22. The smallest absolute Gasteiger partial charge is 0.0545 e. The van der Waals surface area contributed by atoms with Crippen molar-refractivity contribution in [3.8, 4) is 0 Å². The summed E-state index contributed by atoms with van der Waals surface area (Å²) < 4.78 is 0. The first-order valence-corrected chi connectivity index (χ1v) is 6.69. The number of aryl methyl sites for hydroxylation is 1. The Morgan fingerprint density at radius 1 is 1.06 bits per heavy atom. The fraction of sp³-hybridized carbons (Fsp3) is 0.625. The highest BCUT2D eigenvalue weighted by Gasteiger charge is 2.15. The summed E-state index contributed by atoms with van der Waals surface area (Å²) in [5, 5.41) is 9.88. The van der Waals surface area contributed by atoms with Crippen LogP contribution in [-0.2, 0) is 6.42 Å². The zero-order valence-electron chi connectivity index (χ0n) is 11.4. The van der Waals surface area contributed by atoms with Gasteiger partial charge in [-0.15, -0.1) is 0 Å². The van der Waals surface area contributed by atoms with Crippen molar-refractivity contribution in [2.75, 3.05) is 0 Å². The van der Waals surface area contributed by atoms with Gasteiger partial charge in [0.1, 0.15) is 0 Å². The summed E-state index contributed by atoms with van der Waals surface area (Å²) in [5.74, 6) is 0. The van der Waals surface area contributed by atoms with Gasteiger partial charge in [0, 0.05) is 0 Å². The maximum Gasteiger partial charge on any atom is 0.0545 e. The van der Waals surface area contributed by atoms with Crippen LogP contribution in [0.25, 0.3) is 0 Å². The Kier molecular flexibility index (Phi) is 5.70. The molecule has 96 valence electrons. The van der Waals surface area contributed by atoms with E-state index in [1.807, 2.05) is 0 Å². The minimum atomic E-state index is -0.134. The fourth-order valence-corrected chi connectivity index (χ4v) is 2.16. The molecule has 0 saturated heterocycles. The molecule has 1 rings (SSSR count). The van der Waals surface area contributed by atoms with Crippen molar-refractivity contribution < 1.29 is 5.11 Å². The first-order chi connectivity index (χ1) is 7.97. The number of hydrogen-bond acceptors (Lipinski definition) is 1. The lowest BCUT2D eigenvalue weighted by molar-refractivity contribution is 0.110. The van der Waals surface area contributed by atoms with E-state index in [2.05, 4.69) is 51.1 Å². The third kappa shape index (κ3) is 7.17. The Hall–Kier alpha value is -0.820. The summed E-state index contributed by atoms with van der Waals surface area (Å²) in [6.07, 6.45) is 5.12. The lowest BCUT2D eigenvalue weighted by Crippen LogP contribution is -2.17. The van der Waals surface area contributed by atoms with E-state index >= 15 is 0 Å². The molecule has 1 unspecified atom stereocenters. The number of benzene rings is 1. The summed E-state index contributed by atoms with van der Waals surface area (Å²) in [4.78, 5) is 0. The van der Waals surface area contributed by atoms with Gasteiger partial charge in [-0.05, 0) is 36.7 Å². The fourth-order valence-electron chi connectivity index (χ4n) is 2.16. The van der Waals surface area contributed by atoms with Gasteiger partial charge in [-0.2, -0.15) is 0 Å². The molecule has 0 heterocycles. The standard InChI is InChI=1S/C16H26O/c1-16(2,3)13-15(17)12-8-7-11-14-9-5-4-6-10-14/h4-6,9-10,15,17H,7-8,11-13H2,1-3H3. The summed E-state index contributed by atoms with van der Waals surface area (Å²) in [7, 11) is 0. The van der Waals surface area contributed by atoms with Crippen LogP contribution in [0, 0.1) is 5.41 Å². The highest BCUT2D eigenvalue weighted by atomic mass is 16.3. The molecule has 0 radical (unpaired) electrons. The maximum atomic E-state index is 9.88. The van der Waals surface area contributed by atoms with Crippen molar-refractivity contribution in [3.05, 3.63) is 35.9 Å². The van der Waals surface area contributed by atoms with Crippen LogP contribution in [0.1, 0.15) is 52.0 Å². The van der Waals surface area contributed by atoms with Crippen LogP contribution >= 0.6 is 0 Å². The summed E-state index contributed by atoms with van der Waals surface area (Å²) in [5.41, 5.74) is 1.64. The number of aliphatic hydroxyl groups is 1. The van der Waals surface area contributed by atoms with Gasteiger partial charge in [0.25, 0.3) is 0 Å². The highest BCUT2D eigenvalue weighted by Crippen LogP contribution is 2.23. The molecule has 1 heteroatoms. The average molecular weight is 234 g/mol. The number of hydrogen-bond donors (Lipinski definition) is 1. The van der Waals surface area contributed by atoms with E-state index in [4.69, 9.17) is 0 Å². The van der Waals surface area contributed by atoms with Crippen molar-refractivity contribution in [2.45, 2.75) is 59.0 Å².